The number of para-hydroxylation sites is 1. The summed E-state index contributed by atoms with van der Waals surface area (Å²) in [5.41, 5.74) is 3.69. The number of rotatable bonds is 2. The predicted octanol–water partition coefficient (Wildman–Crippen LogP) is 4.14. The van der Waals surface area contributed by atoms with Crippen LogP contribution in [0.5, 0.6) is 0 Å². The van der Waals surface area contributed by atoms with E-state index in [0.29, 0.717) is 21.8 Å². The monoisotopic (exact) mass is 300 g/mol. The van der Waals surface area contributed by atoms with E-state index < -0.39 is 0 Å². The lowest BCUT2D eigenvalue weighted by Crippen LogP contribution is -2.21. The lowest BCUT2D eigenvalue weighted by atomic mass is 9.84. The number of carbonyl (C=O) groups excluding carboxylic acids is 1. The Labute approximate surface area is 129 Å². The van der Waals surface area contributed by atoms with Crippen LogP contribution in [-0.4, -0.2) is 16.2 Å². The van der Waals surface area contributed by atoms with Crippen molar-refractivity contribution in [2.24, 2.45) is 5.92 Å². The number of hydrogen-bond donors (Lipinski definition) is 2. The molecule has 2 atom stereocenters. The highest BCUT2D eigenvalue weighted by Gasteiger charge is 2.37. The molecule has 0 bridgehead atoms. The van der Waals surface area contributed by atoms with Gasteiger partial charge in [-0.15, -0.1) is 0 Å². The van der Waals surface area contributed by atoms with Crippen molar-refractivity contribution in [1.82, 2.24) is 0 Å². The number of nitrogens with one attached hydrogen (secondary N) is 2. The Balaban J connectivity index is 1.85. The molecule has 0 aromatic heterocycles. The minimum Gasteiger partial charge on any atom is -0.322 e. The second-order valence-electron chi connectivity index (χ2n) is 5.98. The molecular formula is C17H20N2OS. The molecule has 1 fully saturated rings. The Hall–Kier alpha value is -1.55. The second kappa shape index (κ2) is 5.68. The third-order valence-corrected chi connectivity index (χ3v) is 5.54. The van der Waals surface area contributed by atoms with Crippen LogP contribution >= 0.6 is 11.8 Å². The van der Waals surface area contributed by atoms with Crippen molar-refractivity contribution in [3.8, 4) is 0 Å². The molecule has 1 amide bonds. The summed E-state index contributed by atoms with van der Waals surface area (Å²) in [4.78, 5) is 12.6. The summed E-state index contributed by atoms with van der Waals surface area (Å²) in [6.07, 6.45) is 3.17. The van der Waals surface area contributed by atoms with Crippen molar-refractivity contribution >= 4 is 28.4 Å². The van der Waals surface area contributed by atoms with Gasteiger partial charge in [-0.3, -0.25) is 10.2 Å². The van der Waals surface area contributed by atoms with Crippen molar-refractivity contribution in [2.45, 2.75) is 38.4 Å². The first-order chi connectivity index (χ1) is 10.1. The van der Waals surface area contributed by atoms with Crippen LogP contribution in [0.15, 0.2) is 35.4 Å². The molecule has 21 heavy (non-hydrogen) atoms. The zero-order valence-electron chi connectivity index (χ0n) is 12.4. The van der Waals surface area contributed by atoms with E-state index in [4.69, 9.17) is 5.41 Å². The maximum Gasteiger partial charge on any atom is 0.258 e. The molecule has 2 N–H and O–H groups in total. The molecule has 2 aliphatic rings. The zero-order valence-corrected chi connectivity index (χ0v) is 13.2. The van der Waals surface area contributed by atoms with Gasteiger partial charge in [-0.05, 0) is 49.3 Å². The SMILES string of the molecule is Cc1ccccc1NC(=O)C1=C2CCC(C)CC2SC1=N. The van der Waals surface area contributed by atoms with E-state index in [2.05, 4.69) is 12.2 Å². The van der Waals surface area contributed by atoms with Gasteiger partial charge in [-0.2, -0.15) is 0 Å². The molecule has 1 aliphatic carbocycles. The van der Waals surface area contributed by atoms with Gasteiger partial charge in [0.1, 0.15) is 5.04 Å². The summed E-state index contributed by atoms with van der Waals surface area (Å²) in [6.45, 7) is 4.24. The first-order valence-electron chi connectivity index (χ1n) is 7.42. The summed E-state index contributed by atoms with van der Waals surface area (Å²) in [5, 5.41) is 11.9. The normalized spacial score (nSPS) is 25.0. The van der Waals surface area contributed by atoms with Gasteiger partial charge in [0.15, 0.2) is 0 Å². The molecule has 3 rings (SSSR count). The number of amides is 1. The Kier molecular flexibility index (Phi) is 3.89. The average Bonchev–Trinajstić information content (AvgIpc) is 2.76. The molecule has 0 saturated heterocycles. The fraction of sp³-hybridized carbons (Fsp3) is 0.412. The Bertz CT molecular complexity index is 635. The standard InChI is InChI=1S/C17H20N2OS/c1-10-7-8-12-14(9-10)21-16(18)15(12)17(20)19-13-6-4-3-5-11(13)2/h3-6,10,14,18H,7-9H2,1-2H3,(H,19,20). The van der Waals surface area contributed by atoms with Crippen LogP contribution in [0, 0.1) is 18.3 Å². The second-order valence-corrected chi connectivity index (χ2v) is 7.20. The molecule has 1 heterocycles. The number of thioether (sulfide) groups is 1. The van der Waals surface area contributed by atoms with E-state index in [1.807, 2.05) is 31.2 Å². The fourth-order valence-corrected chi connectivity index (χ4v) is 4.52. The van der Waals surface area contributed by atoms with Gasteiger partial charge in [0.25, 0.3) is 5.91 Å². The van der Waals surface area contributed by atoms with Crippen LogP contribution in [0.2, 0.25) is 0 Å². The maximum atomic E-state index is 12.6. The van der Waals surface area contributed by atoms with Crippen molar-refractivity contribution in [3.63, 3.8) is 0 Å². The third-order valence-electron chi connectivity index (χ3n) is 4.34. The molecule has 2 unspecified atom stereocenters. The molecule has 0 radical (unpaired) electrons. The molecule has 3 nitrogen and oxygen atoms in total. The first kappa shape index (κ1) is 14.4. The maximum absolute atomic E-state index is 12.6. The molecular weight excluding hydrogens is 280 g/mol. The molecule has 4 heteroatoms. The smallest absolute Gasteiger partial charge is 0.258 e. The summed E-state index contributed by atoms with van der Waals surface area (Å²) in [7, 11) is 0. The first-order valence-corrected chi connectivity index (χ1v) is 8.30. The van der Waals surface area contributed by atoms with Crippen molar-refractivity contribution in [1.29, 1.82) is 5.41 Å². The van der Waals surface area contributed by atoms with Crippen LogP contribution in [-0.2, 0) is 4.79 Å². The fourth-order valence-electron chi connectivity index (χ4n) is 3.09. The Morgan fingerprint density at radius 3 is 2.90 bits per heavy atom. The summed E-state index contributed by atoms with van der Waals surface area (Å²) < 4.78 is 0. The van der Waals surface area contributed by atoms with Gasteiger partial charge < -0.3 is 5.32 Å². The van der Waals surface area contributed by atoms with Gasteiger partial charge in [0.05, 0.1) is 5.57 Å². The minimum absolute atomic E-state index is 0.117. The predicted molar refractivity (Wildman–Crippen MR) is 89.0 cm³/mol. The summed E-state index contributed by atoms with van der Waals surface area (Å²) >= 11 is 1.55. The molecule has 0 spiro atoms. The number of anilines is 1. The van der Waals surface area contributed by atoms with Gasteiger partial charge >= 0.3 is 0 Å². The van der Waals surface area contributed by atoms with Gasteiger partial charge in [0, 0.05) is 10.9 Å². The largest absolute Gasteiger partial charge is 0.322 e. The summed E-state index contributed by atoms with van der Waals surface area (Å²) in [5.74, 6) is 0.576. The number of aryl methyl sites for hydroxylation is 1. The molecule has 110 valence electrons. The van der Waals surface area contributed by atoms with Gasteiger partial charge in [-0.1, -0.05) is 36.9 Å². The van der Waals surface area contributed by atoms with E-state index in [0.717, 1.165) is 30.5 Å². The van der Waals surface area contributed by atoms with Crippen LogP contribution in [0.25, 0.3) is 0 Å². The lowest BCUT2D eigenvalue weighted by molar-refractivity contribution is -0.112. The zero-order chi connectivity index (χ0) is 15.0. The van der Waals surface area contributed by atoms with E-state index in [9.17, 15) is 4.79 Å². The third kappa shape index (κ3) is 2.77. The Morgan fingerprint density at radius 1 is 1.38 bits per heavy atom. The van der Waals surface area contributed by atoms with E-state index >= 15 is 0 Å². The summed E-state index contributed by atoms with van der Waals surface area (Å²) in [6, 6.07) is 7.76. The topological polar surface area (TPSA) is 53.0 Å². The molecule has 1 aliphatic heterocycles. The molecule has 1 aromatic carbocycles. The van der Waals surface area contributed by atoms with Crippen LogP contribution in [0.1, 0.15) is 31.7 Å². The Morgan fingerprint density at radius 2 is 2.14 bits per heavy atom. The van der Waals surface area contributed by atoms with Gasteiger partial charge in [0.2, 0.25) is 0 Å². The van der Waals surface area contributed by atoms with E-state index in [-0.39, 0.29) is 5.91 Å². The van der Waals surface area contributed by atoms with E-state index in [1.54, 1.807) is 11.8 Å². The molecule has 1 saturated carbocycles. The number of carbonyl (C=O) groups is 1. The lowest BCUT2D eigenvalue weighted by Gasteiger charge is -2.25. The highest BCUT2D eigenvalue weighted by molar-refractivity contribution is 8.15. The van der Waals surface area contributed by atoms with Crippen LogP contribution in [0.3, 0.4) is 0 Å². The molecule has 1 aromatic rings. The van der Waals surface area contributed by atoms with Crippen LogP contribution in [0.4, 0.5) is 5.69 Å². The number of hydrogen-bond acceptors (Lipinski definition) is 3. The van der Waals surface area contributed by atoms with E-state index in [1.165, 1.54) is 5.57 Å². The number of fused-ring (bicyclic) bond motifs is 1. The number of benzene rings is 1. The van der Waals surface area contributed by atoms with Crippen LogP contribution < -0.4 is 5.32 Å². The quantitative estimate of drug-likeness (QED) is 0.862. The highest BCUT2D eigenvalue weighted by atomic mass is 32.2. The van der Waals surface area contributed by atoms with Crippen molar-refractivity contribution < 1.29 is 4.79 Å². The van der Waals surface area contributed by atoms with Crippen molar-refractivity contribution in [3.05, 3.63) is 41.0 Å². The average molecular weight is 300 g/mol. The van der Waals surface area contributed by atoms with Crippen molar-refractivity contribution in [2.75, 3.05) is 5.32 Å². The minimum atomic E-state index is -0.117. The highest BCUT2D eigenvalue weighted by Crippen LogP contribution is 2.44. The van der Waals surface area contributed by atoms with Gasteiger partial charge in [-0.25, -0.2) is 0 Å².